The quantitative estimate of drug-likeness (QED) is 0.235. The molecule has 3 heterocycles. The maximum Gasteiger partial charge on any atom is 0.308 e. The van der Waals surface area contributed by atoms with E-state index in [0.717, 1.165) is 66.7 Å². The second kappa shape index (κ2) is 14.1. The molecule has 3 aliphatic heterocycles. The van der Waals surface area contributed by atoms with Crippen LogP contribution in [0, 0.1) is 5.92 Å². The number of carbonyl (C=O) groups is 2. The Bertz CT molecular complexity index is 1310. The number of likely N-dealkylation sites (tertiary alicyclic amines) is 1. The zero-order valence-electron chi connectivity index (χ0n) is 26.6. The van der Waals surface area contributed by atoms with Gasteiger partial charge in [-0.25, -0.2) is 0 Å². The number of carboxylic acid groups (broad SMARTS) is 1. The van der Waals surface area contributed by atoms with E-state index in [1.165, 1.54) is 0 Å². The van der Waals surface area contributed by atoms with E-state index in [4.69, 9.17) is 18.9 Å². The molecule has 1 amide bonds. The van der Waals surface area contributed by atoms with Crippen molar-refractivity contribution >= 4 is 11.9 Å². The van der Waals surface area contributed by atoms with Gasteiger partial charge in [-0.15, -0.1) is 0 Å². The number of benzene rings is 2. The van der Waals surface area contributed by atoms with Crippen molar-refractivity contribution in [1.82, 2.24) is 9.80 Å². The summed E-state index contributed by atoms with van der Waals surface area (Å²) < 4.78 is 23.3. The second-order valence-electron chi connectivity index (χ2n) is 13.2. The Hall–Kier alpha value is -3.50. The van der Waals surface area contributed by atoms with Gasteiger partial charge >= 0.3 is 5.97 Å². The lowest BCUT2D eigenvalue weighted by Crippen LogP contribution is -2.45. The van der Waals surface area contributed by atoms with Gasteiger partial charge in [-0.1, -0.05) is 31.5 Å². The van der Waals surface area contributed by atoms with E-state index in [1.54, 1.807) is 0 Å². The SMILES string of the molecule is CCCCN(CCCC[N+](C)(C)C)C(=O)CN1CC(c2ccc3c(c2)OCO3)C(C(=O)O)C1CCc1cccc2c1OCO2. The molecule has 3 atom stereocenters. The minimum Gasteiger partial charge on any atom is -0.481 e. The zero-order valence-corrected chi connectivity index (χ0v) is 26.6. The molecule has 44 heavy (non-hydrogen) atoms. The molecule has 0 spiro atoms. The third-order valence-corrected chi connectivity index (χ3v) is 9.03. The van der Waals surface area contributed by atoms with Crippen LogP contribution in [0.5, 0.6) is 23.0 Å². The lowest BCUT2D eigenvalue weighted by atomic mass is 9.83. The van der Waals surface area contributed by atoms with Crippen LogP contribution in [0.3, 0.4) is 0 Å². The van der Waals surface area contributed by atoms with E-state index in [0.29, 0.717) is 36.6 Å². The predicted molar refractivity (Wildman–Crippen MR) is 166 cm³/mol. The molecule has 0 aromatic heterocycles. The maximum atomic E-state index is 13.9. The van der Waals surface area contributed by atoms with Crippen LogP contribution in [-0.4, -0.2) is 105 Å². The summed E-state index contributed by atoms with van der Waals surface area (Å²) in [5.41, 5.74) is 1.88. The monoisotopic (exact) mass is 610 g/mol. The summed E-state index contributed by atoms with van der Waals surface area (Å²) in [6, 6.07) is 11.2. The Labute approximate surface area is 261 Å². The largest absolute Gasteiger partial charge is 0.481 e. The fourth-order valence-electron chi connectivity index (χ4n) is 6.70. The Morgan fingerprint density at radius 3 is 2.48 bits per heavy atom. The first-order valence-electron chi connectivity index (χ1n) is 16.0. The van der Waals surface area contributed by atoms with Gasteiger partial charge in [-0.2, -0.15) is 0 Å². The van der Waals surface area contributed by atoms with Crippen molar-refractivity contribution in [2.24, 2.45) is 5.92 Å². The van der Waals surface area contributed by atoms with E-state index in [1.807, 2.05) is 41.3 Å². The summed E-state index contributed by atoms with van der Waals surface area (Å²) in [5, 5.41) is 10.6. The topological polar surface area (TPSA) is 97.8 Å². The van der Waals surface area contributed by atoms with Crippen molar-refractivity contribution in [2.75, 3.05) is 67.5 Å². The number of carboxylic acids is 1. The molecule has 0 aliphatic carbocycles. The first-order valence-corrected chi connectivity index (χ1v) is 16.0. The molecule has 1 N–H and O–H groups in total. The highest BCUT2D eigenvalue weighted by Crippen LogP contribution is 2.44. The number of carbonyl (C=O) groups excluding carboxylic acids is 1. The molecule has 2 aromatic rings. The van der Waals surface area contributed by atoms with Crippen LogP contribution in [0.1, 0.15) is 56.1 Å². The number of fused-ring (bicyclic) bond motifs is 2. The van der Waals surface area contributed by atoms with Crippen molar-refractivity contribution in [3.63, 3.8) is 0 Å². The molecule has 0 saturated carbocycles. The van der Waals surface area contributed by atoms with E-state index in [9.17, 15) is 14.7 Å². The van der Waals surface area contributed by atoms with Crippen LogP contribution < -0.4 is 18.9 Å². The Morgan fingerprint density at radius 2 is 1.70 bits per heavy atom. The fourth-order valence-corrected chi connectivity index (χ4v) is 6.70. The number of aliphatic carboxylic acids is 1. The van der Waals surface area contributed by atoms with Gasteiger partial charge in [-0.05, 0) is 61.4 Å². The average Bonchev–Trinajstić information content (AvgIpc) is 3.73. The molecule has 1 fully saturated rings. The highest BCUT2D eigenvalue weighted by Gasteiger charge is 2.47. The number of ether oxygens (including phenoxy) is 4. The Kier molecular flexibility index (Phi) is 10.2. The molecule has 3 aliphatic rings. The lowest BCUT2D eigenvalue weighted by molar-refractivity contribution is -0.870. The van der Waals surface area contributed by atoms with E-state index in [-0.39, 0.29) is 38.0 Å². The van der Waals surface area contributed by atoms with E-state index in [2.05, 4.69) is 33.0 Å². The van der Waals surface area contributed by atoms with Crippen molar-refractivity contribution in [3.05, 3.63) is 47.5 Å². The normalized spacial score (nSPS) is 20.7. The number of quaternary nitrogens is 1. The number of rotatable bonds is 15. The molecule has 10 heteroatoms. The molecular weight excluding hydrogens is 562 g/mol. The highest BCUT2D eigenvalue weighted by molar-refractivity contribution is 5.79. The number of hydrogen-bond acceptors (Lipinski definition) is 7. The first kappa shape index (κ1) is 31.9. The molecule has 2 aromatic carbocycles. The third kappa shape index (κ3) is 7.58. The van der Waals surface area contributed by atoms with Crippen LogP contribution in [0.15, 0.2) is 36.4 Å². The molecule has 0 bridgehead atoms. The standard InChI is InChI=1S/C34H47N3O7/c1-5-6-16-35(17-7-8-18-37(2,3)4)31(38)21-36-20-26(25-13-15-28-30(19-25)43-22-41-28)32(34(39)40)27(36)14-12-24-10-9-11-29-33(24)44-23-42-29/h9-11,13,15,19,26-27,32H,5-8,12,14,16-18,20-23H2,1-4H3/p+1. The van der Waals surface area contributed by atoms with Gasteiger partial charge in [0, 0.05) is 31.6 Å². The van der Waals surface area contributed by atoms with Crippen LogP contribution in [0.4, 0.5) is 0 Å². The number of unbranched alkanes of at least 4 members (excludes halogenated alkanes) is 2. The van der Waals surface area contributed by atoms with Crippen molar-refractivity contribution in [3.8, 4) is 23.0 Å². The van der Waals surface area contributed by atoms with Gasteiger partial charge in [0.2, 0.25) is 19.5 Å². The summed E-state index contributed by atoms with van der Waals surface area (Å²) in [6.07, 6.45) is 5.14. The van der Waals surface area contributed by atoms with Crippen LogP contribution in [0.25, 0.3) is 0 Å². The van der Waals surface area contributed by atoms with Gasteiger partial charge in [0.05, 0.1) is 40.2 Å². The molecule has 1 saturated heterocycles. The molecule has 3 unspecified atom stereocenters. The summed E-state index contributed by atoms with van der Waals surface area (Å²) in [4.78, 5) is 31.0. The Morgan fingerprint density at radius 1 is 0.955 bits per heavy atom. The molecular formula is C34H48N3O7+. The van der Waals surface area contributed by atoms with Gasteiger partial charge in [0.1, 0.15) is 0 Å². The molecule has 240 valence electrons. The minimum atomic E-state index is -0.853. The molecule has 0 radical (unpaired) electrons. The minimum absolute atomic E-state index is 0.0708. The van der Waals surface area contributed by atoms with Crippen molar-refractivity contribution in [2.45, 2.75) is 57.4 Å². The second-order valence-corrected chi connectivity index (χ2v) is 13.2. The van der Waals surface area contributed by atoms with Crippen molar-refractivity contribution in [1.29, 1.82) is 0 Å². The van der Waals surface area contributed by atoms with Crippen LogP contribution in [-0.2, 0) is 16.0 Å². The number of hydrogen-bond donors (Lipinski definition) is 1. The summed E-state index contributed by atoms with van der Waals surface area (Å²) in [7, 11) is 6.56. The lowest BCUT2D eigenvalue weighted by Gasteiger charge is -2.30. The summed E-state index contributed by atoms with van der Waals surface area (Å²) in [5.74, 6) is 0.974. The van der Waals surface area contributed by atoms with E-state index < -0.39 is 11.9 Å². The summed E-state index contributed by atoms with van der Waals surface area (Å²) >= 11 is 0. The number of amides is 1. The smallest absolute Gasteiger partial charge is 0.308 e. The van der Waals surface area contributed by atoms with Gasteiger partial charge in [-0.3, -0.25) is 14.5 Å². The highest BCUT2D eigenvalue weighted by atomic mass is 16.7. The fraction of sp³-hybridized carbons (Fsp3) is 0.588. The van der Waals surface area contributed by atoms with Crippen LogP contribution >= 0.6 is 0 Å². The molecule has 5 rings (SSSR count). The van der Waals surface area contributed by atoms with Crippen LogP contribution in [0.2, 0.25) is 0 Å². The van der Waals surface area contributed by atoms with Gasteiger partial charge in [0.15, 0.2) is 23.0 Å². The predicted octanol–water partition coefficient (Wildman–Crippen LogP) is 4.36. The van der Waals surface area contributed by atoms with Gasteiger partial charge in [0.25, 0.3) is 0 Å². The molecule has 10 nitrogen and oxygen atoms in total. The number of nitrogens with zero attached hydrogens (tertiary/aromatic N) is 3. The number of para-hydroxylation sites is 1. The average molecular weight is 611 g/mol. The zero-order chi connectivity index (χ0) is 31.3. The summed E-state index contributed by atoms with van der Waals surface area (Å²) in [6.45, 7) is 5.65. The number of aryl methyl sites for hydroxylation is 1. The Balaban J connectivity index is 1.37. The first-order chi connectivity index (χ1) is 21.1. The van der Waals surface area contributed by atoms with E-state index >= 15 is 0 Å². The van der Waals surface area contributed by atoms with Gasteiger partial charge < -0.3 is 33.4 Å². The third-order valence-electron chi connectivity index (χ3n) is 9.03. The maximum absolute atomic E-state index is 13.9. The van der Waals surface area contributed by atoms with Crippen molar-refractivity contribution < 1.29 is 38.1 Å².